The van der Waals surface area contributed by atoms with Crippen molar-refractivity contribution in [2.75, 3.05) is 19.8 Å². The monoisotopic (exact) mass is 363 g/mol. The van der Waals surface area contributed by atoms with E-state index in [4.69, 9.17) is 9.47 Å². The molecule has 1 unspecified atom stereocenters. The molecule has 0 radical (unpaired) electrons. The Morgan fingerprint density at radius 2 is 2.05 bits per heavy atom. The third kappa shape index (κ3) is 5.24. The molecule has 8 heteroatoms. The maximum atomic E-state index is 11.1. The number of halogens is 1. The molecule has 0 aliphatic heterocycles. The highest BCUT2D eigenvalue weighted by Crippen LogP contribution is 2.37. The largest absolute Gasteiger partial charge is 0.484 e. The van der Waals surface area contributed by atoms with Crippen LogP contribution in [0, 0.1) is 10.1 Å². The maximum Gasteiger partial charge on any atom is 0.312 e. The van der Waals surface area contributed by atoms with Gasteiger partial charge in [-0.2, -0.15) is 0 Å². The van der Waals surface area contributed by atoms with E-state index >= 15 is 0 Å². The average Bonchev–Trinajstić information content (AvgIpc) is 2.42. The Labute approximate surface area is 130 Å². The van der Waals surface area contributed by atoms with Gasteiger partial charge < -0.3 is 19.7 Å². The normalized spacial score (nSPS) is 13.8. The predicted octanol–water partition coefficient (Wildman–Crippen LogP) is 2.19. The minimum atomic E-state index is -0.944. The highest BCUT2D eigenvalue weighted by atomic mass is 79.9. The van der Waals surface area contributed by atoms with Crippen molar-refractivity contribution in [3.63, 3.8) is 0 Å². The number of nitro groups is 1. The Morgan fingerprint density at radius 3 is 2.57 bits per heavy atom. The summed E-state index contributed by atoms with van der Waals surface area (Å²) in [6.45, 7) is 3.63. The molecule has 1 aromatic rings. The minimum absolute atomic E-state index is 0.0475. The summed E-state index contributed by atoms with van der Waals surface area (Å²) in [4.78, 5) is 10.5. The van der Waals surface area contributed by atoms with Crippen molar-refractivity contribution in [3.05, 3.63) is 32.3 Å². The molecule has 0 aromatic heterocycles. The van der Waals surface area contributed by atoms with Crippen LogP contribution in [0.15, 0.2) is 16.6 Å². The Balaban J connectivity index is 3.00. The quantitative estimate of drug-likeness (QED) is 0.542. The molecule has 118 valence electrons. The Morgan fingerprint density at radius 1 is 1.38 bits per heavy atom. The number of ether oxygens (including phenoxy) is 2. The molecule has 0 aliphatic carbocycles. The summed E-state index contributed by atoms with van der Waals surface area (Å²) >= 11 is 3.16. The molecule has 0 spiro atoms. The Hall–Kier alpha value is -1.22. The SMILES string of the molecule is CCOCC(O)COc1c([C@H](C)O)cc(Br)cc1[N+](=O)[O-]. The molecule has 7 nitrogen and oxygen atoms in total. The van der Waals surface area contributed by atoms with Gasteiger partial charge in [-0.3, -0.25) is 10.1 Å². The molecule has 2 atom stereocenters. The number of rotatable bonds is 8. The second kappa shape index (κ2) is 8.28. The standard InChI is InChI=1S/C13H18BrNO6/c1-3-20-6-10(17)7-21-13-11(8(2)16)4-9(14)5-12(13)15(18)19/h4-5,8,10,16-17H,3,6-7H2,1-2H3/t8-,10?/m0/s1. The lowest BCUT2D eigenvalue weighted by Crippen LogP contribution is -2.24. The third-order valence-corrected chi connectivity index (χ3v) is 3.10. The zero-order chi connectivity index (χ0) is 16.0. The van der Waals surface area contributed by atoms with E-state index in [1.54, 1.807) is 13.0 Å². The summed E-state index contributed by atoms with van der Waals surface area (Å²) in [5, 5.41) is 30.5. The second-order valence-corrected chi connectivity index (χ2v) is 5.32. The van der Waals surface area contributed by atoms with Crippen LogP contribution in [0.25, 0.3) is 0 Å². The van der Waals surface area contributed by atoms with Crippen LogP contribution in [-0.2, 0) is 4.74 Å². The smallest absolute Gasteiger partial charge is 0.312 e. The number of nitro benzene ring substituents is 1. The zero-order valence-electron chi connectivity index (χ0n) is 11.8. The summed E-state index contributed by atoms with van der Waals surface area (Å²) < 4.78 is 10.9. The van der Waals surface area contributed by atoms with Crippen LogP contribution in [0.3, 0.4) is 0 Å². The van der Waals surface area contributed by atoms with Gasteiger partial charge in [0.05, 0.1) is 17.6 Å². The van der Waals surface area contributed by atoms with Crippen molar-refractivity contribution in [3.8, 4) is 5.75 Å². The van der Waals surface area contributed by atoms with Crippen molar-refractivity contribution >= 4 is 21.6 Å². The molecule has 0 aliphatic rings. The number of hydrogen-bond acceptors (Lipinski definition) is 6. The number of benzene rings is 1. The van der Waals surface area contributed by atoms with Crippen LogP contribution in [0.2, 0.25) is 0 Å². The molecule has 0 heterocycles. The van der Waals surface area contributed by atoms with Gasteiger partial charge >= 0.3 is 5.69 Å². The molecule has 0 amide bonds. The molecule has 0 fully saturated rings. The Kier molecular flexibility index (Phi) is 7.03. The van der Waals surface area contributed by atoms with Gasteiger partial charge in [0, 0.05) is 22.7 Å². The topological polar surface area (TPSA) is 102 Å². The fourth-order valence-electron chi connectivity index (χ4n) is 1.68. The lowest BCUT2D eigenvalue weighted by molar-refractivity contribution is -0.386. The molecular formula is C13H18BrNO6. The fourth-order valence-corrected chi connectivity index (χ4v) is 2.15. The second-order valence-electron chi connectivity index (χ2n) is 4.40. The van der Waals surface area contributed by atoms with Crippen LogP contribution in [0.5, 0.6) is 5.75 Å². The molecular weight excluding hydrogens is 346 g/mol. The molecule has 0 bridgehead atoms. The summed E-state index contributed by atoms with van der Waals surface area (Å²) in [6, 6.07) is 2.83. The zero-order valence-corrected chi connectivity index (χ0v) is 13.4. The summed E-state index contributed by atoms with van der Waals surface area (Å²) in [7, 11) is 0. The van der Waals surface area contributed by atoms with E-state index in [0.717, 1.165) is 0 Å². The van der Waals surface area contributed by atoms with Crippen molar-refractivity contribution < 1.29 is 24.6 Å². The highest BCUT2D eigenvalue weighted by molar-refractivity contribution is 9.10. The summed E-state index contributed by atoms with van der Waals surface area (Å²) in [5.41, 5.74) is 0.00331. The van der Waals surface area contributed by atoms with Crippen LogP contribution >= 0.6 is 15.9 Å². The van der Waals surface area contributed by atoms with Crippen molar-refractivity contribution in [2.45, 2.75) is 26.1 Å². The maximum absolute atomic E-state index is 11.1. The van der Waals surface area contributed by atoms with Crippen molar-refractivity contribution in [1.29, 1.82) is 0 Å². The van der Waals surface area contributed by atoms with E-state index in [1.165, 1.54) is 13.0 Å². The average molecular weight is 364 g/mol. The molecule has 1 rings (SSSR count). The lowest BCUT2D eigenvalue weighted by Gasteiger charge is -2.16. The van der Waals surface area contributed by atoms with Crippen molar-refractivity contribution in [2.24, 2.45) is 0 Å². The van der Waals surface area contributed by atoms with E-state index in [1.807, 2.05) is 0 Å². The summed E-state index contributed by atoms with van der Waals surface area (Å²) in [5.74, 6) is -0.0475. The van der Waals surface area contributed by atoms with E-state index in [0.29, 0.717) is 11.1 Å². The van der Waals surface area contributed by atoms with Gasteiger partial charge in [-0.25, -0.2) is 0 Å². The molecule has 1 aromatic carbocycles. The number of aliphatic hydroxyl groups excluding tert-OH is 2. The first-order chi connectivity index (χ1) is 9.86. The van der Waals surface area contributed by atoms with Gasteiger partial charge in [-0.1, -0.05) is 15.9 Å². The van der Waals surface area contributed by atoms with Gasteiger partial charge in [-0.05, 0) is 19.9 Å². The van der Waals surface area contributed by atoms with E-state index in [-0.39, 0.29) is 30.2 Å². The van der Waals surface area contributed by atoms with Crippen molar-refractivity contribution in [1.82, 2.24) is 0 Å². The van der Waals surface area contributed by atoms with Crippen LogP contribution in [0.1, 0.15) is 25.5 Å². The molecule has 0 saturated carbocycles. The minimum Gasteiger partial charge on any atom is -0.484 e. The van der Waals surface area contributed by atoms with Crippen LogP contribution in [-0.4, -0.2) is 41.1 Å². The van der Waals surface area contributed by atoms with Crippen LogP contribution < -0.4 is 4.74 Å². The molecule has 21 heavy (non-hydrogen) atoms. The van der Waals surface area contributed by atoms with E-state index in [2.05, 4.69) is 15.9 Å². The highest BCUT2D eigenvalue weighted by Gasteiger charge is 2.24. The third-order valence-electron chi connectivity index (χ3n) is 2.64. The Bertz CT molecular complexity index is 494. The lowest BCUT2D eigenvalue weighted by atomic mass is 10.1. The van der Waals surface area contributed by atoms with Gasteiger partial charge in [0.25, 0.3) is 0 Å². The van der Waals surface area contributed by atoms with E-state index in [9.17, 15) is 20.3 Å². The number of hydrogen-bond donors (Lipinski definition) is 2. The predicted molar refractivity (Wildman–Crippen MR) is 79.4 cm³/mol. The first-order valence-corrected chi connectivity index (χ1v) is 7.20. The molecule has 2 N–H and O–H groups in total. The number of nitrogens with zero attached hydrogens (tertiary/aromatic N) is 1. The van der Waals surface area contributed by atoms with Gasteiger partial charge in [0.1, 0.15) is 12.7 Å². The van der Waals surface area contributed by atoms with Crippen LogP contribution in [0.4, 0.5) is 5.69 Å². The fraction of sp³-hybridized carbons (Fsp3) is 0.538. The first kappa shape index (κ1) is 17.8. The van der Waals surface area contributed by atoms with E-state index < -0.39 is 17.1 Å². The number of aliphatic hydroxyl groups is 2. The molecule has 0 saturated heterocycles. The summed E-state index contributed by atoms with van der Waals surface area (Å²) in [6.07, 6.45) is -1.85. The van der Waals surface area contributed by atoms with Gasteiger partial charge in [-0.15, -0.1) is 0 Å². The van der Waals surface area contributed by atoms with Gasteiger partial charge in [0.2, 0.25) is 5.75 Å². The van der Waals surface area contributed by atoms with Gasteiger partial charge in [0.15, 0.2) is 0 Å². The first-order valence-electron chi connectivity index (χ1n) is 6.41.